The van der Waals surface area contributed by atoms with Gasteiger partial charge < -0.3 is 10.2 Å². The van der Waals surface area contributed by atoms with Gasteiger partial charge >= 0.3 is 0 Å². The normalized spacial score (nSPS) is 15.3. The largest absolute Gasteiger partial charge is 0.355 e. The Hall–Kier alpha value is -2.43. The van der Waals surface area contributed by atoms with Crippen LogP contribution in [0.25, 0.3) is 0 Å². The van der Waals surface area contributed by atoms with Crippen LogP contribution in [0.1, 0.15) is 35.7 Å². The summed E-state index contributed by atoms with van der Waals surface area (Å²) in [5.74, 6) is 1.49. The molecule has 1 saturated heterocycles. The summed E-state index contributed by atoms with van der Waals surface area (Å²) in [7, 11) is 0. The molecule has 2 heterocycles. The van der Waals surface area contributed by atoms with E-state index in [1.807, 2.05) is 30.5 Å². The topological polar surface area (TPSA) is 58.1 Å². The van der Waals surface area contributed by atoms with Gasteiger partial charge in [0.25, 0.3) is 5.91 Å². The Bertz CT molecular complexity index is 649. The summed E-state index contributed by atoms with van der Waals surface area (Å²) < 4.78 is 0. The Morgan fingerprint density at radius 2 is 1.96 bits per heavy atom. The molecule has 5 heteroatoms. The van der Waals surface area contributed by atoms with Crippen LogP contribution in [0.3, 0.4) is 0 Å². The number of benzene rings is 1. The van der Waals surface area contributed by atoms with Gasteiger partial charge in [-0.05, 0) is 42.9 Å². The Balaban J connectivity index is 1.45. The maximum atomic E-state index is 12.2. The minimum Gasteiger partial charge on any atom is -0.355 e. The zero-order chi connectivity index (χ0) is 16.8. The molecule has 1 aliphatic rings. The number of nitrogens with one attached hydrogen (secondary N) is 1. The summed E-state index contributed by atoms with van der Waals surface area (Å²) in [6.07, 6.45) is 8.34. The summed E-state index contributed by atoms with van der Waals surface area (Å²) >= 11 is 0. The fourth-order valence-electron chi connectivity index (χ4n) is 3.05. The number of rotatable bonds is 5. The van der Waals surface area contributed by atoms with Crippen molar-refractivity contribution < 1.29 is 4.79 Å². The van der Waals surface area contributed by atoms with Gasteiger partial charge in [0.2, 0.25) is 0 Å². The summed E-state index contributed by atoms with van der Waals surface area (Å²) in [4.78, 5) is 23.0. The molecule has 1 N–H and O–H groups in total. The van der Waals surface area contributed by atoms with Crippen molar-refractivity contribution in [3.8, 4) is 0 Å². The maximum Gasteiger partial charge on any atom is 0.251 e. The first-order valence-corrected chi connectivity index (χ1v) is 8.64. The van der Waals surface area contributed by atoms with E-state index in [2.05, 4.69) is 27.1 Å². The molecule has 126 valence electrons. The van der Waals surface area contributed by atoms with E-state index in [0.29, 0.717) is 5.92 Å². The number of carbonyl (C=O) groups is 1. The summed E-state index contributed by atoms with van der Waals surface area (Å²) in [5.41, 5.74) is 1.99. The number of aromatic nitrogens is 2. The summed E-state index contributed by atoms with van der Waals surface area (Å²) in [6.45, 7) is 4.78. The van der Waals surface area contributed by atoms with Crippen molar-refractivity contribution in [2.75, 3.05) is 24.5 Å². The number of anilines is 1. The van der Waals surface area contributed by atoms with Crippen molar-refractivity contribution in [1.82, 2.24) is 15.3 Å². The molecule has 0 saturated carbocycles. The highest BCUT2D eigenvalue weighted by molar-refractivity contribution is 5.94. The smallest absolute Gasteiger partial charge is 0.251 e. The lowest BCUT2D eigenvalue weighted by molar-refractivity contribution is 0.0945. The molecule has 0 atom stereocenters. The molecule has 0 unspecified atom stereocenters. The zero-order valence-electron chi connectivity index (χ0n) is 14.1. The SMILES string of the molecule is CCc1ccc(C(=O)NCC2CCN(c3cnccn3)CC2)cc1. The molecule has 24 heavy (non-hydrogen) atoms. The van der Waals surface area contributed by atoms with E-state index in [1.54, 1.807) is 12.4 Å². The molecule has 3 rings (SSSR count). The van der Waals surface area contributed by atoms with Crippen molar-refractivity contribution in [2.45, 2.75) is 26.2 Å². The Morgan fingerprint density at radius 1 is 1.21 bits per heavy atom. The molecule has 1 aliphatic heterocycles. The van der Waals surface area contributed by atoms with Crippen molar-refractivity contribution >= 4 is 11.7 Å². The van der Waals surface area contributed by atoms with Gasteiger partial charge in [-0.25, -0.2) is 4.98 Å². The highest BCUT2D eigenvalue weighted by atomic mass is 16.1. The predicted molar refractivity (Wildman–Crippen MR) is 95.1 cm³/mol. The van der Waals surface area contributed by atoms with Gasteiger partial charge in [0.05, 0.1) is 6.20 Å². The monoisotopic (exact) mass is 324 g/mol. The van der Waals surface area contributed by atoms with Crippen LogP contribution in [-0.2, 0) is 6.42 Å². The first-order chi connectivity index (χ1) is 11.8. The van der Waals surface area contributed by atoms with Gasteiger partial charge in [0, 0.05) is 37.6 Å². The van der Waals surface area contributed by atoms with Crippen LogP contribution in [0.5, 0.6) is 0 Å². The van der Waals surface area contributed by atoms with E-state index < -0.39 is 0 Å². The van der Waals surface area contributed by atoms with Crippen LogP contribution >= 0.6 is 0 Å². The summed E-state index contributed by atoms with van der Waals surface area (Å²) in [5, 5.41) is 3.08. The van der Waals surface area contributed by atoms with Gasteiger partial charge in [0.15, 0.2) is 0 Å². The van der Waals surface area contributed by atoms with Gasteiger partial charge in [-0.2, -0.15) is 0 Å². The van der Waals surface area contributed by atoms with E-state index in [-0.39, 0.29) is 5.91 Å². The number of aryl methyl sites for hydroxylation is 1. The van der Waals surface area contributed by atoms with Crippen LogP contribution in [0, 0.1) is 5.92 Å². The fourth-order valence-corrected chi connectivity index (χ4v) is 3.05. The van der Waals surface area contributed by atoms with Gasteiger partial charge in [0.1, 0.15) is 5.82 Å². The van der Waals surface area contributed by atoms with Crippen LogP contribution in [0.4, 0.5) is 5.82 Å². The Kier molecular flexibility index (Phi) is 5.41. The molecule has 2 aromatic rings. The third-order valence-electron chi connectivity index (χ3n) is 4.66. The Morgan fingerprint density at radius 3 is 2.58 bits per heavy atom. The van der Waals surface area contributed by atoms with E-state index >= 15 is 0 Å². The highest BCUT2D eigenvalue weighted by Crippen LogP contribution is 2.20. The molecule has 1 aromatic carbocycles. The molecule has 1 amide bonds. The number of carbonyl (C=O) groups excluding carboxylic acids is 1. The number of hydrogen-bond donors (Lipinski definition) is 1. The van der Waals surface area contributed by atoms with Crippen LogP contribution in [0.15, 0.2) is 42.9 Å². The number of piperidine rings is 1. The zero-order valence-corrected chi connectivity index (χ0v) is 14.1. The standard InChI is InChI=1S/C19H24N4O/c1-2-15-3-5-17(6-4-15)19(24)22-13-16-7-11-23(12-8-16)18-14-20-9-10-21-18/h3-6,9-10,14,16H,2,7-8,11-13H2,1H3,(H,22,24). The van der Waals surface area contributed by atoms with Crippen molar-refractivity contribution in [3.63, 3.8) is 0 Å². The first-order valence-electron chi connectivity index (χ1n) is 8.64. The third-order valence-corrected chi connectivity index (χ3v) is 4.66. The van der Waals surface area contributed by atoms with E-state index in [9.17, 15) is 4.79 Å². The van der Waals surface area contributed by atoms with E-state index in [1.165, 1.54) is 5.56 Å². The van der Waals surface area contributed by atoms with E-state index in [0.717, 1.165) is 50.3 Å². The maximum absolute atomic E-state index is 12.2. The molecule has 0 bridgehead atoms. The lowest BCUT2D eigenvalue weighted by Gasteiger charge is -2.32. The van der Waals surface area contributed by atoms with Crippen LogP contribution in [-0.4, -0.2) is 35.5 Å². The average molecular weight is 324 g/mol. The fraction of sp³-hybridized carbons (Fsp3) is 0.421. The lowest BCUT2D eigenvalue weighted by Crippen LogP contribution is -2.39. The molecular formula is C19H24N4O. The number of hydrogen-bond acceptors (Lipinski definition) is 4. The van der Waals surface area contributed by atoms with Crippen molar-refractivity contribution in [1.29, 1.82) is 0 Å². The number of amides is 1. The Labute approximate surface area is 143 Å². The highest BCUT2D eigenvalue weighted by Gasteiger charge is 2.20. The third kappa shape index (κ3) is 4.10. The molecular weight excluding hydrogens is 300 g/mol. The molecule has 5 nitrogen and oxygen atoms in total. The van der Waals surface area contributed by atoms with Crippen LogP contribution in [0.2, 0.25) is 0 Å². The van der Waals surface area contributed by atoms with Crippen LogP contribution < -0.4 is 10.2 Å². The first kappa shape index (κ1) is 16.4. The van der Waals surface area contributed by atoms with Crippen molar-refractivity contribution in [3.05, 3.63) is 54.0 Å². The second kappa shape index (κ2) is 7.90. The minimum absolute atomic E-state index is 0.0222. The van der Waals surface area contributed by atoms with Gasteiger partial charge in [-0.3, -0.25) is 9.78 Å². The van der Waals surface area contributed by atoms with E-state index in [4.69, 9.17) is 0 Å². The minimum atomic E-state index is 0.0222. The van der Waals surface area contributed by atoms with Crippen molar-refractivity contribution in [2.24, 2.45) is 5.92 Å². The number of nitrogens with zero attached hydrogens (tertiary/aromatic N) is 3. The lowest BCUT2D eigenvalue weighted by atomic mass is 9.96. The second-order valence-corrected chi connectivity index (χ2v) is 6.25. The molecule has 1 fully saturated rings. The van der Waals surface area contributed by atoms with Gasteiger partial charge in [-0.1, -0.05) is 19.1 Å². The summed E-state index contributed by atoms with van der Waals surface area (Å²) in [6, 6.07) is 7.86. The molecule has 0 aliphatic carbocycles. The molecule has 0 spiro atoms. The van der Waals surface area contributed by atoms with Gasteiger partial charge in [-0.15, -0.1) is 0 Å². The quantitative estimate of drug-likeness (QED) is 0.919. The predicted octanol–water partition coefficient (Wildman–Crippen LogP) is 2.69. The second-order valence-electron chi connectivity index (χ2n) is 6.25. The molecule has 1 aromatic heterocycles. The average Bonchev–Trinajstić information content (AvgIpc) is 2.67. The molecule has 0 radical (unpaired) electrons.